The Bertz CT molecular complexity index is 1040. The molecule has 2 atom stereocenters. The molecule has 0 radical (unpaired) electrons. The monoisotopic (exact) mass is 398 g/mol. The first-order valence-corrected chi connectivity index (χ1v) is 10.6. The van der Waals surface area contributed by atoms with Crippen molar-refractivity contribution in [3.05, 3.63) is 33.1 Å². The summed E-state index contributed by atoms with van der Waals surface area (Å²) in [5, 5.41) is 4.77. The number of rotatable bonds is 3. The molecule has 2 N–H and O–H groups in total. The fourth-order valence-electron chi connectivity index (χ4n) is 4.08. The Morgan fingerprint density at radius 3 is 2.82 bits per heavy atom. The third-order valence-corrected chi connectivity index (χ3v) is 6.62. The minimum atomic E-state index is 0.00917. The summed E-state index contributed by atoms with van der Waals surface area (Å²) in [6.45, 7) is 9.47. The van der Waals surface area contributed by atoms with Gasteiger partial charge in [-0.3, -0.25) is 4.79 Å². The summed E-state index contributed by atoms with van der Waals surface area (Å²) >= 11 is 1.72. The van der Waals surface area contributed by atoms with Crippen molar-refractivity contribution in [2.75, 3.05) is 13.1 Å². The second-order valence-corrected chi connectivity index (χ2v) is 9.30. The molecule has 1 aliphatic rings. The molecule has 1 amide bonds. The number of carbonyl (C=O) groups excluding carboxylic acids is 1. The van der Waals surface area contributed by atoms with Gasteiger partial charge in [0, 0.05) is 34.4 Å². The molecule has 0 aliphatic carbocycles. The van der Waals surface area contributed by atoms with Crippen molar-refractivity contribution < 1.29 is 9.32 Å². The van der Waals surface area contributed by atoms with Crippen molar-refractivity contribution in [3.8, 4) is 11.3 Å². The van der Waals surface area contributed by atoms with Gasteiger partial charge in [0.1, 0.15) is 0 Å². The molecule has 1 saturated heterocycles. The molecular formula is C21H26N4O2S. The summed E-state index contributed by atoms with van der Waals surface area (Å²) in [7, 11) is 0. The predicted octanol–water partition coefficient (Wildman–Crippen LogP) is 4.08. The van der Waals surface area contributed by atoms with Gasteiger partial charge >= 0.3 is 0 Å². The molecule has 0 saturated carbocycles. The summed E-state index contributed by atoms with van der Waals surface area (Å²) < 4.78 is 5.45. The van der Waals surface area contributed by atoms with E-state index in [9.17, 15) is 4.79 Å². The van der Waals surface area contributed by atoms with E-state index in [2.05, 4.69) is 30.1 Å². The van der Waals surface area contributed by atoms with Crippen molar-refractivity contribution in [1.82, 2.24) is 15.0 Å². The molecule has 4 rings (SSSR count). The number of piperidine rings is 1. The van der Waals surface area contributed by atoms with Crippen LogP contribution in [0.4, 0.5) is 0 Å². The number of hydrogen-bond acceptors (Lipinski definition) is 6. The van der Waals surface area contributed by atoms with Gasteiger partial charge in [-0.1, -0.05) is 5.16 Å². The number of aromatic nitrogens is 2. The van der Waals surface area contributed by atoms with Crippen LogP contribution >= 0.6 is 11.3 Å². The normalized spacial score (nSPS) is 18.6. The molecule has 7 heteroatoms. The van der Waals surface area contributed by atoms with Crippen molar-refractivity contribution in [1.29, 1.82) is 0 Å². The molecule has 1 fully saturated rings. The van der Waals surface area contributed by atoms with Crippen LogP contribution in [0, 0.1) is 26.7 Å². The smallest absolute Gasteiger partial charge is 0.259 e. The van der Waals surface area contributed by atoms with Crippen molar-refractivity contribution in [2.45, 2.75) is 46.6 Å². The van der Waals surface area contributed by atoms with Crippen LogP contribution in [0.5, 0.6) is 0 Å². The maximum absolute atomic E-state index is 13.5. The number of pyridine rings is 1. The predicted molar refractivity (Wildman–Crippen MR) is 112 cm³/mol. The first kappa shape index (κ1) is 19.1. The molecule has 1 aliphatic heterocycles. The number of carbonyl (C=O) groups is 1. The van der Waals surface area contributed by atoms with E-state index in [1.807, 2.05) is 24.8 Å². The summed E-state index contributed by atoms with van der Waals surface area (Å²) in [6.07, 6.45) is 2.04. The fourth-order valence-corrected chi connectivity index (χ4v) is 5.01. The zero-order valence-electron chi connectivity index (χ0n) is 16.8. The molecule has 4 heterocycles. The van der Waals surface area contributed by atoms with Crippen LogP contribution in [-0.4, -0.2) is 40.1 Å². The number of amides is 1. The lowest BCUT2D eigenvalue weighted by atomic mass is 9.91. The van der Waals surface area contributed by atoms with Gasteiger partial charge in [0.05, 0.1) is 22.3 Å². The molecule has 2 unspecified atom stereocenters. The van der Waals surface area contributed by atoms with Crippen LogP contribution in [0.25, 0.3) is 22.4 Å². The first-order chi connectivity index (χ1) is 13.3. The van der Waals surface area contributed by atoms with Crippen LogP contribution in [0.15, 0.2) is 16.7 Å². The lowest BCUT2D eigenvalue weighted by Crippen LogP contribution is -2.45. The maximum atomic E-state index is 13.5. The number of thiophene rings is 1. The van der Waals surface area contributed by atoms with Crippen molar-refractivity contribution in [3.63, 3.8) is 0 Å². The van der Waals surface area contributed by atoms with E-state index < -0.39 is 0 Å². The van der Waals surface area contributed by atoms with Gasteiger partial charge in [-0.2, -0.15) is 0 Å². The third-order valence-electron chi connectivity index (χ3n) is 5.65. The molecule has 3 aromatic heterocycles. The highest BCUT2D eigenvalue weighted by atomic mass is 32.1. The Labute approximate surface area is 168 Å². The van der Waals surface area contributed by atoms with Crippen LogP contribution in [0.2, 0.25) is 0 Å². The largest absolute Gasteiger partial charge is 0.338 e. The molecule has 0 bridgehead atoms. The van der Waals surface area contributed by atoms with Crippen LogP contribution in [0.1, 0.15) is 45.6 Å². The van der Waals surface area contributed by atoms with Gasteiger partial charge < -0.3 is 15.2 Å². The Morgan fingerprint density at radius 1 is 1.36 bits per heavy atom. The number of nitrogens with two attached hydrogens (primary N) is 1. The van der Waals surface area contributed by atoms with Crippen molar-refractivity contribution >= 4 is 28.3 Å². The van der Waals surface area contributed by atoms with Gasteiger partial charge in [0.25, 0.3) is 11.6 Å². The van der Waals surface area contributed by atoms with Gasteiger partial charge in [0.15, 0.2) is 0 Å². The van der Waals surface area contributed by atoms with E-state index in [0.29, 0.717) is 34.8 Å². The lowest BCUT2D eigenvalue weighted by Gasteiger charge is -2.34. The number of fused-ring (bicyclic) bond motifs is 1. The minimum Gasteiger partial charge on any atom is -0.338 e. The maximum Gasteiger partial charge on any atom is 0.259 e. The average molecular weight is 399 g/mol. The molecule has 3 aromatic rings. The quantitative estimate of drug-likeness (QED) is 0.719. The summed E-state index contributed by atoms with van der Waals surface area (Å²) in [5.74, 6) is 0.342. The van der Waals surface area contributed by atoms with Gasteiger partial charge in [-0.15, -0.1) is 11.3 Å². The fraction of sp³-hybridized carbons (Fsp3) is 0.476. The molecule has 0 aromatic carbocycles. The Hall–Kier alpha value is -2.25. The van der Waals surface area contributed by atoms with E-state index in [4.69, 9.17) is 10.3 Å². The Balaban J connectivity index is 1.80. The number of aryl methyl sites for hydroxylation is 3. The second kappa shape index (κ2) is 7.29. The topological polar surface area (TPSA) is 85.2 Å². The third kappa shape index (κ3) is 3.33. The van der Waals surface area contributed by atoms with Crippen LogP contribution in [0.3, 0.4) is 0 Å². The number of nitrogens with zero attached hydrogens (tertiary/aromatic N) is 3. The molecule has 148 valence electrons. The number of likely N-dealkylation sites (tertiary alicyclic amines) is 1. The SMILES string of the molecule is Cc1cc(-c2cc(C(=O)N3CCCC(C(C)N)C3)c3c(C)noc3n2)c(C)s1. The van der Waals surface area contributed by atoms with E-state index in [1.165, 1.54) is 9.75 Å². The summed E-state index contributed by atoms with van der Waals surface area (Å²) in [5.41, 5.74) is 9.64. The van der Waals surface area contributed by atoms with Crippen molar-refractivity contribution in [2.24, 2.45) is 11.7 Å². The highest BCUT2D eigenvalue weighted by Crippen LogP contribution is 2.33. The Morgan fingerprint density at radius 2 is 2.14 bits per heavy atom. The van der Waals surface area contributed by atoms with Crippen LogP contribution in [-0.2, 0) is 0 Å². The zero-order chi connectivity index (χ0) is 20.0. The second-order valence-electron chi connectivity index (χ2n) is 7.84. The van der Waals surface area contributed by atoms with Crippen LogP contribution < -0.4 is 5.73 Å². The molecule has 6 nitrogen and oxygen atoms in total. The molecule has 28 heavy (non-hydrogen) atoms. The van der Waals surface area contributed by atoms with E-state index >= 15 is 0 Å². The standard InChI is InChI=1S/C21H26N4O2S/c1-11-8-16(14(4)28-11)18-9-17(19-13(3)24-27-20(19)23-18)21(26)25-7-5-6-15(10-25)12(2)22/h8-9,12,15H,5-7,10,22H2,1-4H3. The Kier molecular flexibility index (Phi) is 4.97. The summed E-state index contributed by atoms with van der Waals surface area (Å²) in [4.78, 5) is 22.5. The van der Waals surface area contributed by atoms with E-state index in [-0.39, 0.29) is 11.9 Å². The first-order valence-electron chi connectivity index (χ1n) is 9.74. The molecular weight excluding hydrogens is 372 g/mol. The van der Waals surface area contributed by atoms with Gasteiger partial charge in [-0.05, 0) is 58.6 Å². The lowest BCUT2D eigenvalue weighted by molar-refractivity contribution is 0.0663. The zero-order valence-corrected chi connectivity index (χ0v) is 17.6. The highest BCUT2D eigenvalue weighted by molar-refractivity contribution is 7.12. The minimum absolute atomic E-state index is 0.00917. The van der Waals surface area contributed by atoms with Gasteiger partial charge in [-0.25, -0.2) is 4.98 Å². The average Bonchev–Trinajstić information content (AvgIpc) is 3.22. The number of hydrogen-bond donors (Lipinski definition) is 1. The summed E-state index contributed by atoms with van der Waals surface area (Å²) in [6, 6.07) is 4.09. The highest BCUT2D eigenvalue weighted by Gasteiger charge is 2.29. The van der Waals surface area contributed by atoms with E-state index in [0.717, 1.165) is 30.6 Å². The van der Waals surface area contributed by atoms with E-state index in [1.54, 1.807) is 11.3 Å². The molecule has 0 spiro atoms. The van der Waals surface area contributed by atoms with Gasteiger partial charge in [0.2, 0.25) is 0 Å².